The highest BCUT2D eigenvalue weighted by molar-refractivity contribution is 7.94. The molecule has 1 heterocycles. The molecule has 12 heteroatoms. The summed E-state index contributed by atoms with van der Waals surface area (Å²) in [6, 6.07) is 5.58. The maximum atomic E-state index is 13.9. The smallest absolute Gasteiger partial charge is 0.229 e. The Morgan fingerprint density at radius 3 is 2.24 bits per heavy atom. The van der Waals surface area contributed by atoms with Gasteiger partial charge in [-0.15, -0.1) is 0 Å². The van der Waals surface area contributed by atoms with E-state index in [1.807, 2.05) is 0 Å². The number of halogens is 2. The molecule has 0 aliphatic carbocycles. The Morgan fingerprint density at radius 1 is 1.00 bits per heavy atom. The third-order valence-corrected chi connectivity index (χ3v) is 6.04. The van der Waals surface area contributed by atoms with Crippen molar-refractivity contribution in [1.29, 1.82) is 0 Å². The van der Waals surface area contributed by atoms with Gasteiger partial charge in [0.25, 0.3) is 0 Å². The fourth-order valence-electron chi connectivity index (χ4n) is 3.00. The second-order valence-electron chi connectivity index (χ2n) is 6.71. The summed E-state index contributed by atoms with van der Waals surface area (Å²) < 4.78 is 67.9. The van der Waals surface area contributed by atoms with Crippen molar-refractivity contribution in [2.75, 3.05) is 39.0 Å². The van der Waals surface area contributed by atoms with Gasteiger partial charge in [0.05, 0.1) is 21.3 Å². The molecule has 0 unspecified atom stereocenters. The summed E-state index contributed by atoms with van der Waals surface area (Å²) in [5.41, 5.74) is 0.873. The topological polar surface area (TPSA) is 112 Å². The minimum Gasteiger partial charge on any atom is -0.493 e. The molecule has 0 aliphatic rings. The Labute approximate surface area is 195 Å². The van der Waals surface area contributed by atoms with Crippen LogP contribution in [0.5, 0.6) is 17.2 Å². The first kappa shape index (κ1) is 24.7. The Balaban J connectivity index is 1.89. The van der Waals surface area contributed by atoms with E-state index in [4.69, 9.17) is 14.2 Å². The lowest BCUT2D eigenvalue weighted by molar-refractivity contribution is 0.324. The zero-order valence-electron chi connectivity index (χ0n) is 18.7. The van der Waals surface area contributed by atoms with Gasteiger partial charge in [-0.25, -0.2) is 22.2 Å². The molecule has 3 rings (SSSR count). The molecule has 2 aromatic carbocycles. The van der Waals surface area contributed by atoms with Crippen molar-refractivity contribution >= 4 is 33.4 Å². The van der Waals surface area contributed by atoms with Crippen molar-refractivity contribution in [3.8, 4) is 17.2 Å². The molecule has 180 valence electrons. The highest BCUT2D eigenvalue weighted by Crippen LogP contribution is 2.40. The van der Waals surface area contributed by atoms with E-state index in [1.165, 1.54) is 33.6 Å². The van der Waals surface area contributed by atoms with Crippen LogP contribution in [0.4, 0.5) is 26.2 Å². The van der Waals surface area contributed by atoms with E-state index in [0.29, 0.717) is 40.4 Å². The zero-order chi connectivity index (χ0) is 24.9. The third kappa shape index (κ3) is 5.34. The summed E-state index contributed by atoms with van der Waals surface area (Å²) in [7, 11) is 1.89. The lowest BCUT2D eigenvalue weighted by Crippen LogP contribution is -2.04. The van der Waals surface area contributed by atoms with Crippen molar-refractivity contribution < 1.29 is 31.4 Å². The van der Waals surface area contributed by atoms with Crippen LogP contribution in [0.15, 0.2) is 46.8 Å². The molecule has 1 aromatic heterocycles. The molecule has 0 aliphatic heterocycles. The maximum absolute atomic E-state index is 13.9. The Kier molecular flexibility index (Phi) is 7.51. The molecule has 0 atom stereocenters. The van der Waals surface area contributed by atoms with E-state index in [0.717, 1.165) is 17.5 Å². The number of ether oxygens (including phenoxy) is 3. The second-order valence-corrected chi connectivity index (χ2v) is 8.51. The van der Waals surface area contributed by atoms with Crippen LogP contribution in [0.1, 0.15) is 5.56 Å². The van der Waals surface area contributed by atoms with Crippen LogP contribution >= 0.6 is 0 Å². The van der Waals surface area contributed by atoms with Crippen LogP contribution in [-0.4, -0.2) is 46.8 Å². The zero-order valence-corrected chi connectivity index (χ0v) is 19.5. The quantitative estimate of drug-likeness (QED) is 0.428. The predicted molar refractivity (Wildman–Crippen MR) is 124 cm³/mol. The van der Waals surface area contributed by atoms with Crippen LogP contribution in [0.3, 0.4) is 0 Å². The molecule has 0 spiro atoms. The lowest BCUT2D eigenvalue weighted by Gasteiger charge is -2.15. The first-order valence-electron chi connectivity index (χ1n) is 9.72. The van der Waals surface area contributed by atoms with E-state index >= 15 is 0 Å². The molecule has 0 saturated carbocycles. The molecule has 0 saturated heterocycles. The van der Waals surface area contributed by atoms with E-state index in [-0.39, 0.29) is 5.95 Å². The van der Waals surface area contributed by atoms with Gasteiger partial charge in [-0.2, -0.15) is 4.98 Å². The number of nitrogens with one attached hydrogen (secondary N) is 2. The highest BCUT2D eigenvalue weighted by Gasteiger charge is 2.18. The monoisotopic (exact) mass is 492 g/mol. The van der Waals surface area contributed by atoms with Crippen LogP contribution in [0.25, 0.3) is 6.08 Å². The van der Waals surface area contributed by atoms with Crippen LogP contribution < -0.4 is 24.8 Å². The average molecular weight is 493 g/mol. The summed E-state index contributed by atoms with van der Waals surface area (Å²) in [6.45, 7) is 0. The number of nitrogens with zero attached hydrogens (tertiary/aromatic N) is 2. The minimum absolute atomic E-state index is 0.197. The van der Waals surface area contributed by atoms with Crippen molar-refractivity contribution in [3.05, 3.63) is 59.1 Å². The molecule has 0 fully saturated rings. The molecule has 2 N–H and O–H groups in total. The van der Waals surface area contributed by atoms with Gasteiger partial charge < -0.3 is 24.8 Å². The fourth-order valence-corrected chi connectivity index (χ4v) is 4.06. The van der Waals surface area contributed by atoms with Crippen molar-refractivity contribution in [1.82, 2.24) is 9.97 Å². The van der Waals surface area contributed by atoms with Crippen molar-refractivity contribution in [2.24, 2.45) is 0 Å². The van der Waals surface area contributed by atoms with Gasteiger partial charge in [0.15, 0.2) is 11.5 Å². The first-order valence-corrected chi connectivity index (χ1v) is 11.3. The van der Waals surface area contributed by atoms with Gasteiger partial charge in [0, 0.05) is 48.1 Å². The first-order chi connectivity index (χ1) is 16.2. The Bertz CT molecular complexity index is 1310. The maximum Gasteiger partial charge on any atom is 0.229 e. The SMILES string of the molecule is CNc1nc(Nc2cc(OC)c(OC)c(OC)c2)ncc1/C=C/S(=O)(=O)c1ccc(F)cc1F. The van der Waals surface area contributed by atoms with E-state index in [9.17, 15) is 17.2 Å². The third-order valence-electron chi connectivity index (χ3n) is 4.60. The number of sulfone groups is 1. The summed E-state index contributed by atoms with van der Waals surface area (Å²) in [5.74, 6) is -0.279. The normalized spacial score (nSPS) is 11.4. The van der Waals surface area contributed by atoms with Gasteiger partial charge in [-0.1, -0.05) is 0 Å². The summed E-state index contributed by atoms with van der Waals surface area (Å²) in [5, 5.41) is 6.66. The van der Waals surface area contributed by atoms with E-state index in [2.05, 4.69) is 20.6 Å². The van der Waals surface area contributed by atoms with E-state index < -0.39 is 26.4 Å². The van der Waals surface area contributed by atoms with Crippen LogP contribution in [0, 0.1) is 11.6 Å². The molecule has 0 bridgehead atoms. The van der Waals surface area contributed by atoms with Gasteiger partial charge in [0.2, 0.25) is 21.5 Å². The number of benzene rings is 2. The molecule has 0 radical (unpaired) electrons. The number of hydrogen-bond acceptors (Lipinski definition) is 9. The molecule has 3 aromatic rings. The number of anilines is 3. The van der Waals surface area contributed by atoms with Crippen molar-refractivity contribution in [3.63, 3.8) is 0 Å². The highest BCUT2D eigenvalue weighted by atomic mass is 32.2. The van der Waals surface area contributed by atoms with Gasteiger partial charge >= 0.3 is 0 Å². The number of aromatic nitrogens is 2. The summed E-state index contributed by atoms with van der Waals surface area (Å²) in [6.07, 6.45) is 2.60. The molecule has 34 heavy (non-hydrogen) atoms. The average Bonchev–Trinajstić information content (AvgIpc) is 2.82. The van der Waals surface area contributed by atoms with Crippen LogP contribution in [-0.2, 0) is 9.84 Å². The lowest BCUT2D eigenvalue weighted by atomic mass is 10.2. The Hall–Kier alpha value is -3.93. The summed E-state index contributed by atoms with van der Waals surface area (Å²) in [4.78, 5) is 7.88. The molecule has 0 amide bonds. The molecule has 9 nitrogen and oxygen atoms in total. The number of hydrogen-bond donors (Lipinski definition) is 2. The largest absolute Gasteiger partial charge is 0.493 e. The standard InChI is InChI=1S/C22H22F2N4O5S/c1-25-21-13(7-8-34(29,30)19-6-5-14(23)9-16(19)24)12-26-22(28-21)27-15-10-17(31-2)20(33-4)18(11-15)32-3/h5-12H,1-4H3,(H2,25,26,27,28)/b8-7+. The number of methoxy groups -OCH3 is 3. The second kappa shape index (κ2) is 10.3. The fraction of sp³-hybridized carbons (Fsp3) is 0.182. The Morgan fingerprint density at radius 2 is 1.68 bits per heavy atom. The van der Waals surface area contributed by atoms with Crippen molar-refractivity contribution in [2.45, 2.75) is 4.90 Å². The van der Waals surface area contributed by atoms with Gasteiger partial charge in [0.1, 0.15) is 22.3 Å². The van der Waals surface area contributed by atoms with Gasteiger partial charge in [-0.05, 0) is 18.2 Å². The van der Waals surface area contributed by atoms with E-state index in [1.54, 1.807) is 19.2 Å². The predicted octanol–water partition coefficient (Wildman–Crippen LogP) is 4.01. The van der Waals surface area contributed by atoms with Crippen LogP contribution in [0.2, 0.25) is 0 Å². The molecular weight excluding hydrogens is 470 g/mol. The summed E-state index contributed by atoms with van der Waals surface area (Å²) >= 11 is 0. The van der Waals surface area contributed by atoms with Gasteiger partial charge in [-0.3, -0.25) is 0 Å². The minimum atomic E-state index is -4.17. The number of rotatable bonds is 9. The molecular formula is C22H22F2N4O5S.